The number of thiol groups is 1. The van der Waals surface area contributed by atoms with Crippen molar-refractivity contribution in [1.82, 2.24) is 0 Å². The third-order valence-electron chi connectivity index (χ3n) is 1.60. The summed E-state index contributed by atoms with van der Waals surface area (Å²) in [5.41, 5.74) is 1.36. The predicted molar refractivity (Wildman–Crippen MR) is 59.7 cm³/mol. The van der Waals surface area contributed by atoms with Gasteiger partial charge >= 0.3 is 0 Å². The number of hydrogen-bond donors (Lipinski definition) is 1. The summed E-state index contributed by atoms with van der Waals surface area (Å²) < 4.78 is 0. The van der Waals surface area contributed by atoms with Gasteiger partial charge in [0.25, 0.3) is 0 Å². The van der Waals surface area contributed by atoms with Gasteiger partial charge in [0.1, 0.15) is 0 Å². The lowest BCUT2D eigenvalue weighted by Gasteiger charge is -2.00. The summed E-state index contributed by atoms with van der Waals surface area (Å²) in [5.74, 6) is 0.628. The molecular weight excluding hydrogens is 204 g/mol. The molecule has 0 aromatic heterocycles. The van der Waals surface area contributed by atoms with E-state index in [9.17, 15) is 4.79 Å². The van der Waals surface area contributed by atoms with Crippen LogP contribution in [0.5, 0.6) is 0 Å². The summed E-state index contributed by atoms with van der Waals surface area (Å²) in [6.07, 6.45) is 4.44. The van der Waals surface area contributed by atoms with Gasteiger partial charge in [0.15, 0.2) is 6.29 Å². The van der Waals surface area contributed by atoms with E-state index in [0.717, 1.165) is 11.8 Å². The molecule has 0 atom stereocenters. The van der Waals surface area contributed by atoms with Crippen molar-refractivity contribution in [3.05, 3.63) is 40.4 Å². The zero-order valence-electron chi connectivity index (χ0n) is 6.90. The monoisotopic (exact) mass is 212 g/mol. The molecule has 1 aromatic carbocycles. The van der Waals surface area contributed by atoms with Gasteiger partial charge in [-0.15, -0.1) is 0 Å². The molecule has 68 valence electrons. The second-order valence-electron chi connectivity index (χ2n) is 2.45. The molecule has 0 amide bonds. The first-order valence-electron chi connectivity index (χ1n) is 3.80. The van der Waals surface area contributed by atoms with Crippen LogP contribution in [0, 0.1) is 0 Å². The quantitative estimate of drug-likeness (QED) is 0.602. The van der Waals surface area contributed by atoms with Gasteiger partial charge in [-0.25, -0.2) is 0 Å². The van der Waals surface area contributed by atoms with Gasteiger partial charge in [0, 0.05) is 21.9 Å². The van der Waals surface area contributed by atoms with Crippen LogP contribution in [-0.4, -0.2) is 12.0 Å². The van der Waals surface area contributed by atoms with Gasteiger partial charge in [-0.1, -0.05) is 35.9 Å². The van der Waals surface area contributed by atoms with E-state index in [-0.39, 0.29) is 0 Å². The molecule has 0 radical (unpaired) electrons. The Bertz CT molecular complexity index is 334. The van der Waals surface area contributed by atoms with E-state index in [0.29, 0.717) is 16.3 Å². The summed E-state index contributed by atoms with van der Waals surface area (Å²) in [7, 11) is 0. The highest BCUT2D eigenvalue weighted by molar-refractivity contribution is 7.80. The lowest BCUT2D eigenvalue weighted by molar-refractivity contribution is 0.112. The number of benzene rings is 1. The lowest BCUT2D eigenvalue weighted by Crippen LogP contribution is -1.86. The van der Waals surface area contributed by atoms with Crippen LogP contribution in [0.3, 0.4) is 0 Å². The van der Waals surface area contributed by atoms with Gasteiger partial charge in [-0.3, -0.25) is 4.79 Å². The van der Waals surface area contributed by atoms with E-state index >= 15 is 0 Å². The molecule has 0 saturated heterocycles. The van der Waals surface area contributed by atoms with Crippen molar-refractivity contribution in [2.45, 2.75) is 0 Å². The van der Waals surface area contributed by atoms with E-state index in [2.05, 4.69) is 12.6 Å². The molecule has 0 aliphatic carbocycles. The highest BCUT2D eigenvalue weighted by Crippen LogP contribution is 2.20. The van der Waals surface area contributed by atoms with Crippen LogP contribution in [0.25, 0.3) is 6.08 Å². The molecule has 0 N–H and O–H groups in total. The fraction of sp³-hybridized carbons (Fsp3) is 0.100. The Labute approximate surface area is 87.8 Å². The van der Waals surface area contributed by atoms with E-state index in [4.69, 9.17) is 11.6 Å². The van der Waals surface area contributed by atoms with Gasteiger partial charge in [-0.2, -0.15) is 12.6 Å². The topological polar surface area (TPSA) is 17.1 Å². The third-order valence-corrected chi connectivity index (χ3v) is 2.14. The van der Waals surface area contributed by atoms with Crippen LogP contribution in [-0.2, 0) is 0 Å². The standard InChI is InChI=1S/C10H9ClOS/c11-10-5-1-3-8(7-12)9(10)4-2-6-13/h1-5,7,13H,6H2. The maximum absolute atomic E-state index is 10.6. The zero-order valence-corrected chi connectivity index (χ0v) is 8.55. The number of carbonyl (C=O) groups is 1. The van der Waals surface area contributed by atoms with Crippen molar-refractivity contribution in [2.75, 3.05) is 5.75 Å². The molecule has 0 heterocycles. The van der Waals surface area contributed by atoms with Crippen molar-refractivity contribution in [3.63, 3.8) is 0 Å². The molecule has 3 heteroatoms. The van der Waals surface area contributed by atoms with Crippen molar-refractivity contribution in [1.29, 1.82) is 0 Å². The minimum Gasteiger partial charge on any atom is -0.298 e. The van der Waals surface area contributed by atoms with Crippen LogP contribution < -0.4 is 0 Å². The van der Waals surface area contributed by atoms with Gasteiger partial charge in [-0.05, 0) is 6.07 Å². The average molecular weight is 213 g/mol. The number of hydrogen-bond acceptors (Lipinski definition) is 2. The summed E-state index contributed by atoms with van der Waals surface area (Å²) in [4.78, 5) is 10.6. The van der Waals surface area contributed by atoms with Crippen LogP contribution in [0.1, 0.15) is 15.9 Å². The molecule has 1 nitrogen and oxygen atoms in total. The number of aldehydes is 1. The predicted octanol–water partition coefficient (Wildman–Crippen LogP) is 3.10. The second kappa shape index (κ2) is 5.10. The molecule has 0 aliphatic rings. The minimum absolute atomic E-state index is 0.586. The zero-order chi connectivity index (χ0) is 9.68. The Hall–Kier alpha value is -0.730. The summed E-state index contributed by atoms with van der Waals surface area (Å²) in [6, 6.07) is 5.24. The summed E-state index contributed by atoms with van der Waals surface area (Å²) >= 11 is 9.94. The first-order chi connectivity index (χ1) is 6.29. The molecule has 0 aliphatic heterocycles. The average Bonchev–Trinajstić information content (AvgIpc) is 2.15. The largest absolute Gasteiger partial charge is 0.298 e. The molecule has 0 spiro atoms. The fourth-order valence-electron chi connectivity index (χ4n) is 1.00. The highest BCUT2D eigenvalue weighted by atomic mass is 35.5. The maximum atomic E-state index is 10.6. The SMILES string of the molecule is O=Cc1cccc(Cl)c1C=CCS. The summed E-state index contributed by atoms with van der Waals surface area (Å²) in [6.45, 7) is 0. The van der Waals surface area contributed by atoms with Gasteiger partial charge < -0.3 is 0 Å². The van der Waals surface area contributed by atoms with Gasteiger partial charge in [0.05, 0.1) is 0 Å². The number of halogens is 1. The number of rotatable bonds is 3. The van der Waals surface area contributed by atoms with E-state index < -0.39 is 0 Å². The molecule has 0 unspecified atom stereocenters. The van der Waals surface area contributed by atoms with E-state index in [1.807, 2.05) is 6.08 Å². The van der Waals surface area contributed by atoms with E-state index in [1.165, 1.54) is 0 Å². The van der Waals surface area contributed by atoms with Crippen molar-refractivity contribution < 1.29 is 4.79 Å². The maximum Gasteiger partial charge on any atom is 0.150 e. The smallest absolute Gasteiger partial charge is 0.150 e. The third kappa shape index (κ3) is 2.61. The lowest BCUT2D eigenvalue weighted by atomic mass is 10.1. The first kappa shape index (κ1) is 10.4. The molecule has 0 fully saturated rings. The molecular formula is C10H9ClOS. The fourth-order valence-corrected chi connectivity index (χ4v) is 1.35. The molecule has 0 saturated carbocycles. The van der Waals surface area contributed by atoms with E-state index in [1.54, 1.807) is 24.3 Å². The highest BCUT2D eigenvalue weighted by Gasteiger charge is 2.01. The normalized spacial score (nSPS) is 10.6. The molecule has 1 aromatic rings. The van der Waals surface area contributed by atoms with Crippen LogP contribution in [0.4, 0.5) is 0 Å². The van der Waals surface area contributed by atoms with Crippen molar-refractivity contribution in [3.8, 4) is 0 Å². The Balaban J connectivity index is 3.14. The van der Waals surface area contributed by atoms with Crippen molar-refractivity contribution in [2.24, 2.45) is 0 Å². The Morgan fingerprint density at radius 3 is 2.85 bits per heavy atom. The second-order valence-corrected chi connectivity index (χ2v) is 3.22. The first-order valence-corrected chi connectivity index (χ1v) is 4.81. The molecule has 13 heavy (non-hydrogen) atoms. The number of carbonyl (C=O) groups excluding carboxylic acids is 1. The Morgan fingerprint density at radius 1 is 1.46 bits per heavy atom. The van der Waals surface area contributed by atoms with Crippen LogP contribution >= 0.6 is 24.2 Å². The summed E-state index contributed by atoms with van der Waals surface area (Å²) in [5, 5.41) is 0.586. The minimum atomic E-state index is 0.586. The van der Waals surface area contributed by atoms with Crippen LogP contribution in [0.2, 0.25) is 5.02 Å². The van der Waals surface area contributed by atoms with Crippen LogP contribution in [0.15, 0.2) is 24.3 Å². The molecule has 0 bridgehead atoms. The Kier molecular flexibility index (Phi) is 4.06. The Morgan fingerprint density at radius 2 is 2.23 bits per heavy atom. The van der Waals surface area contributed by atoms with Gasteiger partial charge in [0.2, 0.25) is 0 Å². The van der Waals surface area contributed by atoms with Crippen molar-refractivity contribution >= 4 is 36.6 Å². The molecule has 1 rings (SSSR count).